The molecular formula is C9H11BrClNO2S. The third kappa shape index (κ3) is 3.75. The zero-order chi connectivity index (χ0) is 11.5. The van der Waals surface area contributed by atoms with Crippen molar-refractivity contribution in [3.63, 3.8) is 0 Å². The van der Waals surface area contributed by atoms with E-state index in [0.717, 1.165) is 6.42 Å². The lowest BCUT2D eigenvalue weighted by atomic mass is 10.4. The van der Waals surface area contributed by atoms with Crippen LogP contribution in [0.4, 0.5) is 0 Å². The molecule has 0 aliphatic rings. The predicted octanol–water partition coefficient (Wildman–Crippen LogP) is 2.79. The second-order valence-corrected chi connectivity index (χ2v) is 6.12. The fourth-order valence-corrected chi connectivity index (χ4v) is 3.28. The molecule has 0 amide bonds. The summed E-state index contributed by atoms with van der Waals surface area (Å²) in [5.41, 5.74) is 0. The van der Waals surface area contributed by atoms with Crippen LogP contribution in [0.1, 0.15) is 13.3 Å². The van der Waals surface area contributed by atoms with Gasteiger partial charge >= 0.3 is 0 Å². The minimum Gasteiger partial charge on any atom is -0.211 e. The van der Waals surface area contributed by atoms with Gasteiger partial charge in [0.25, 0.3) is 0 Å². The summed E-state index contributed by atoms with van der Waals surface area (Å²) in [7, 11) is -3.43. The Morgan fingerprint density at radius 1 is 1.40 bits per heavy atom. The molecule has 6 heteroatoms. The standard InChI is InChI=1S/C9H11BrClNO2S/c1-2-3-12-15(13,14)9-5-7(10)4-8(11)6-9/h4-6,12H,2-3H2,1H3. The molecule has 15 heavy (non-hydrogen) atoms. The zero-order valence-corrected chi connectivity index (χ0v) is 11.3. The van der Waals surface area contributed by atoms with E-state index in [4.69, 9.17) is 11.6 Å². The molecule has 0 saturated heterocycles. The van der Waals surface area contributed by atoms with Crippen LogP contribution in [0.3, 0.4) is 0 Å². The Hall–Kier alpha value is -0.100. The van der Waals surface area contributed by atoms with Gasteiger partial charge in [-0.25, -0.2) is 13.1 Å². The van der Waals surface area contributed by atoms with E-state index in [1.54, 1.807) is 6.07 Å². The highest BCUT2D eigenvalue weighted by molar-refractivity contribution is 9.10. The highest BCUT2D eigenvalue weighted by Gasteiger charge is 2.14. The van der Waals surface area contributed by atoms with E-state index in [1.807, 2.05) is 6.92 Å². The second kappa shape index (κ2) is 5.30. The van der Waals surface area contributed by atoms with Crippen molar-refractivity contribution in [1.82, 2.24) is 4.72 Å². The summed E-state index contributed by atoms with van der Waals surface area (Å²) in [6.45, 7) is 2.32. The van der Waals surface area contributed by atoms with Gasteiger partial charge in [-0.15, -0.1) is 0 Å². The number of halogens is 2. The van der Waals surface area contributed by atoms with Crippen LogP contribution in [-0.4, -0.2) is 15.0 Å². The molecule has 1 rings (SSSR count). The minimum atomic E-state index is -3.43. The van der Waals surface area contributed by atoms with Crippen molar-refractivity contribution in [2.24, 2.45) is 0 Å². The first kappa shape index (κ1) is 13.0. The van der Waals surface area contributed by atoms with E-state index in [0.29, 0.717) is 16.0 Å². The van der Waals surface area contributed by atoms with Gasteiger partial charge in [0.05, 0.1) is 4.90 Å². The van der Waals surface area contributed by atoms with Crippen LogP contribution < -0.4 is 4.72 Å². The Kier molecular flexibility index (Phi) is 4.58. The third-order valence-electron chi connectivity index (χ3n) is 1.69. The second-order valence-electron chi connectivity index (χ2n) is 3.00. The third-order valence-corrected chi connectivity index (χ3v) is 3.80. The average molecular weight is 313 g/mol. The number of hydrogen-bond acceptors (Lipinski definition) is 2. The Labute approximate surface area is 103 Å². The van der Waals surface area contributed by atoms with Crippen LogP contribution in [-0.2, 0) is 10.0 Å². The minimum absolute atomic E-state index is 0.176. The molecule has 0 radical (unpaired) electrons. The SMILES string of the molecule is CCCNS(=O)(=O)c1cc(Cl)cc(Br)c1. The van der Waals surface area contributed by atoms with Crippen molar-refractivity contribution in [3.8, 4) is 0 Å². The molecule has 1 aromatic rings. The largest absolute Gasteiger partial charge is 0.240 e. The maximum atomic E-state index is 11.7. The summed E-state index contributed by atoms with van der Waals surface area (Å²) in [6, 6.07) is 4.58. The van der Waals surface area contributed by atoms with E-state index >= 15 is 0 Å². The molecule has 0 spiro atoms. The van der Waals surface area contributed by atoms with E-state index in [9.17, 15) is 8.42 Å². The number of benzene rings is 1. The number of sulfonamides is 1. The Balaban J connectivity index is 3.04. The topological polar surface area (TPSA) is 46.2 Å². The van der Waals surface area contributed by atoms with Crippen molar-refractivity contribution in [2.45, 2.75) is 18.2 Å². The first-order valence-electron chi connectivity index (χ1n) is 4.41. The summed E-state index contributed by atoms with van der Waals surface area (Å²) in [5.74, 6) is 0. The average Bonchev–Trinajstić information content (AvgIpc) is 2.13. The van der Waals surface area contributed by atoms with Gasteiger partial charge in [-0.1, -0.05) is 34.5 Å². The molecule has 0 bridgehead atoms. The zero-order valence-electron chi connectivity index (χ0n) is 8.13. The number of rotatable bonds is 4. The number of nitrogens with one attached hydrogen (secondary N) is 1. The molecular weight excluding hydrogens is 302 g/mol. The van der Waals surface area contributed by atoms with Crippen molar-refractivity contribution >= 4 is 37.6 Å². The first-order chi connectivity index (χ1) is 6.95. The first-order valence-corrected chi connectivity index (χ1v) is 7.07. The highest BCUT2D eigenvalue weighted by atomic mass is 79.9. The van der Waals surface area contributed by atoms with Crippen LogP contribution in [0, 0.1) is 0 Å². The quantitative estimate of drug-likeness (QED) is 0.929. The molecule has 0 fully saturated rings. The van der Waals surface area contributed by atoms with Crippen LogP contribution >= 0.6 is 27.5 Å². The summed E-state index contributed by atoms with van der Waals surface area (Å²) >= 11 is 8.96. The molecule has 0 heterocycles. The molecule has 0 aliphatic carbocycles. The van der Waals surface area contributed by atoms with Gasteiger partial charge in [0.1, 0.15) is 0 Å². The van der Waals surface area contributed by atoms with Crippen molar-refractivity contribution in [3.05, 3.63) is 27.7 Å². The van der Waals surface area contributed by atoms with Crippen molar-refractivity contribution in [1.29, 1.82) is 0 Å². The van der Waals surface area contributed by atoms with Gasteiger partial charge in [-0.3, -0.25) is 0 Å². The molecule has 3 nitrogen and oxygen atoms in total. The van der Waals surface area contributed by atoms with Gasteiger partial charge in [0, 0.05) is 16.0 Å². The molecule has 0 aliphatic heterocycles. The van der Waals surface area contributed by atoms with Crippen molar-refractivity contribution < 1.29 is 8.42 Å². The molecule has 0 atom stereocenters. The molecule has 1 N–H and O–H groups in total. The van der Waals surface area contributed by atoms with Gasteiger partial charge < -0.3 is 0 Å². The van der Waals surface area contributed by atoms with Crippen LogP contribution in [0.15, 0.2) is 27.6 Å². The summed E-state index contributed by atoms with van der Waals surface area (Å²) in [6.07, 6.45) is 0.751. The van der Waals surface area contributed by atoms with E-state index in [1.165, 1.54) is 12.1 Å². The molecule has 1 aromatic carbocycles. The smallest absolute Gasteiger partial charge is 0.211 e. The molecule has 0 saturated carbocycles. The summed E-state index contributed by atoms with van der Waals surface area (Å²) < 4.78 is 26.5. The normalized spacial score (nSPS) is 11.7. The maximum absolute atomic E-state index is 11.7. The summed E-state index contributed by atoms with van der Waals surface area (Å²) in [4.78, 5) is 0.176. The number of hydrogen-bond donors (Lipinski definition) is 1. The lowest BCUT2D eigenvalue weighted by Crippen LogP contribution is -2.24. The van der Waals surface area contributed by atoms with Crippen molar-refractivity contribution in [2.75, 3.05) is 6.54 Å². The predicted molar refractivity (Wildman–Crippen MR) is 64.6 cm³/mol. The Bertz CT molecular complexity index is 427. The van der Waals surface area contributed by atoms with Gasteiger partial charge in [0.15, 0.2) is 0 Å². The Morgan fingerprint density at radius 2 is 2.07 bits per heavy atom. The van der Waals surface area contributed by atoms with E-state index in [2.05, 4.69) is 20.7 Å². The van der Waals surface area contributed by atoms with E-state index in [-0.39, 0.29) is 4.90 Å². The molecule has 0 aromatic heterocycles. The van der Waals surface area contributed by atoms with Gasteiger partial charge in [-0.2, -0.15) is 0 Å². The lowest BCUT2D eigenvalue weighted by Gasteiger charge is -2.06. The molecule has 0 unspecified atom stereocenters. The van der Waals surface area contributed by atoms with Gasteiger partial charge in [0.2, 0.25) is 10.0 Å². The van der Waals surface area contributed by atoms with Crippen LogP contribution in [0.5, 0.6) is 0 Å². The van der Waals surface area contributed by atoms with Crippen LogP contribution in [0.2, 0.25) is 5.02 Å². The Morgan fingerprint density at radius 3 is 2.60 bits per heavy atom. The lowest BCUT2D eigenvalue weighted by molar-refractivity contribution is 0.581. The van der Waals surface area contributed by atoms with Crippen LogP contribution in [0.25, 0.3) is 0 Å². The monoisotopic (exact) mass is 311 g/mol. The fourth-order valence-electron chi connectivity index (χ4n) is 1.00. The van der Waals surface area contributed by atoms with Gasteiger partial charge in [-0.05, 0) is 24.6 Å². The maximum Gasteiger partial charge on any atom is 0.240 e. The summed E-state index contributed by atoms with van der Waals surface area (Å²) in [5, 5.41) is 0.390. The highest BCUT2D eigenvalue weighted by Crippen LogP contribution is 2.22. The van der Waals surface area contributed by atoms with E-state index < -0.39 is 10.0 Å². The fraction of sp³-hybridized carbons (Fsp3) is 0.333. The molecule has 84 valence electrons.